The summed E-state index contributed by atoms with van der Waals surface area (Å²) in [6, 6.07) is 8.64. The number of hydrogen-bond acceptors (Lipinski definition) is 1. The van der Waals surface area contributed by atoms with E-state index in [1.807, 2.05) is 22.1 Å². The van der Waals surface area contributed by atoms with Gasteiger partial charge in [-0.3, -0.25) is 0 Å². The summed E-state index contributed by atoms with van der Waals surface area (Å²) in [6.07, 6.45) is 3.48. The zero-order valence-corrected chi connectivity index (χ0v) is 9.10. The molecular weight excluding hydrogens is 191 g/mol. The van der Waals surface area contributed by atoms with Gasteiger partial charge in [-0.1, -0.05) is 0 Å². The molecule has 0 atom stereocenters. The van der Waals surface area contributed by atoms with E-state index in [1.54, 1.807) is 0 Å². The van der Waals surface area contributed by atoms with Crippen LogP contribution in [0.5, 0.6) is 0 Å². The Hall–Kier alpha value is 0.220. The van der Waals surface area contributed by atoms with E-state index in [2.05, 4.69) is 37.4 Å². The summed E-state index contributed by atoms with van der Waals surface area (Å²) in [5, 5.41) is 0. The molecule has 0 unspecified atom stereocenters. The summed E-state index contributed by atoms with van der Waals surface area (Å²) in [5.74, 6) is 0. The molecule has 1 aromatic carbocycles. The molecule has 0 nitrogen and oxygen atoms in total. The van der Waals surface area contributed by atoms with Gasteiger partial charge in [0.25, 0.3) is 0 Å². The predicted molar refractivity (Wildman–Crippen MR) is 57.5 cm³/mol. The summed E-state index contributed by atoms with van der Waals surface area (Å²) in [7, 11) is 1.86. The zero-order valence-electron chi connectivity index (χ0n) is 6.57. The Morgan fingerprint density at radius 3 is 2.36 bits per heavy atom. The van der Waals surface area contributed by atoms with Gasteiger partial charge < -0.3 is 0 Å². The molecule has 0 amide bonds. The molecule has 0 spiro atoms. The molecule has 3 heteroatoms. The van der Waals surface area contributed by atoms with Crippen molar-refractivity contribution >= 4 is 28.5 Å². The number of hydrogen-bond donors (Lipinski definition) is 0. The summed E-state index contributed by atoms with van der Waals surface area (Å²) < 4.78 is 0. The number of benzene rings is 1. The van der Waals surface area contributed by atoms with Gasteiger partial charge in [0.05, 0.1) is 0 Å². The topological polar surface area (TPSA) is 0 Å². The van der Waals surface area contributed by atoms with E-state index in [4.69, 9.17) is 0 Å². The van der Waals surface area contributed by atoms with Crippen molar-refractivity contribution in [3.63, 3.8) is 0 Å². The molecule has 0 saturated carbocycles. The fraction of sp³-hybridized carbons (Fsp3) is 0.250. The maximum absolute atomic E-state index is 2.17. The molecule has 0 aliphatic heterocycles. The molecule has 1 aromatic rings. The predicted octanol–water partition coefficient (Wildman–Crippen LogP) is 4.23. The molecule has 0 bridgehead atoms. The van der Waals surface area contributed by atoms with Gasteiger partial charge in [-0.05, 0) is 0 Å². The number of rotatable bonds is 0. The van der Waals surface area contributed by atoms with Crippen LogP contribution in [0.2, 0.25) is 0 Å². The van der Waals surface area contributed by atoms with Gasteiger partial charge in [-0.2, -0.15) is 0 Å². The summed E-state index contributed by atoms with van der Waals surface area (Å²) in [6.45, 7) is 2.11. The quantitative estimate of drug-likeness (QED) is 0.566. The molecule has 0 heterocycles. The van der Waals surface area contributed by atoms with Crippen molar-refractivity contribution in [2.24, 2.45) is 0 Å². The molecule has 0 N–H and O–H groups in total. The van der Waals surface area contributed by atoms with E-state index in [0.29, 0.717) is 0 Å². The van der Waals surface area contributed by atoms with Crippen LogP contribution >= 0.6 is 28.5 Å². The first kappa shape index (κ1) is 9.31. The average molecular weight is 201 g/mol. The summed E-state index contributed by atoms with van der Waals surface area (Å²) in [5.41, 5.74) is 1.33. The summed E-state index contributed by atoms with van der Waals surface area (Å²) in [4.78, 5) is 1.35. The fourth-order valence-electron chi connectivity index (χ4n) is 0.679. The van der Waals surface area contributed by atoms with Gasteiger partial charge >= 0.3 is 76.4 Å². The van der Waals surface area contributed by atoms with Crippen molar-refractivity contribution < 1.29 is 0 Å². The monoisotopic (exact) mass is 201 g/mol. The molecule has 0 aliphatic carbocycles. The van der Waals surface area contributed by atoms with E-state index in [1.165, 1.54) is 16.8 Å². The van der Waals surface area contributed by atoms with Crippen LogP contribution in [0.3, 0.4) is 0 Å². The maximum atomic E-state index is 2.17. The third-order valence-corrected chi connectivity index (χ3v) is 5.26. The zero-order chi connectivity index (χ0) is 8.10. The Morgan fingerprint density at radius 1 is 1.18 bits per heavy atom. The van der Waals surface area contributed by atoms with Crippen LogP contribution in [0.1, 0.15) is 5.56 Å². The first-order valence-corrected chi connectivity index (χ1v) is 7.44. The van der Waals surface area contributed by atoms with Gasteiger partial charge in [0.15, 0.2) is 0 Å². The molecular formula is C8H10PS2+. The first-order valence-electron chi connectivity index (χ1n) is 3.30. The second kappa shape index (κ2) is 4.97. The third-order valence-electron chi connectivity index (χ3n) is 1.24. The van der Waals surface area contributed by atoms with Crippen molar-refractivity contribution in [2.75, 3.05) is 6.26 Å². The van der Waals surface area contributed by atoms with Crippen LogP contribution in [0, 0.1) is 6.92 Å². The summed E-state index contributed by atoms with van der Waals surface area (Å²) >= 11 is 1.84. The van der Waals surface area contributed by atoms with E-state index in [0.717, 1.165) is 0 Å². The van der Waals surface area contributed by atoms with Crippen molar-refractivity contribution in [1.82, 2.24) is 0 Å². The minimum absolute atomic E-state index is 1.33. The van der Waals surface area contributed by atoms with Gasteiger partial charge in [0.1, 0.15) is 0 Å². The third kappa shape index (κ3) is 3.42. The Morgan fingerprint density at radius 2 is 1.82 bits per heavy atom. The molecule has 0 aliphatic rings. The van der Waals surface area contributed by atoms with Crippen LogP contribution in [0.15, 0.2) is 29.2 Å². The van der Waals surface area contributed by atoms with Crippen molar-refractivity contribution in [1.29, 1.82) is 0 Å². The van der Waals surface area contributed by atoms with Crippen molar-refractivity contribution in [2.45, 2.75) is 11.8 Å². The van der Waals surface area contributed by atoms with Crippen molar-refractivity contribution in [3.8, 4) is 0 Å². The Bertz CT molecular complexity index is 281. The normalized spacial score (nSPS) is 9.27. The van der Waals surface area contributed by atoms with Crippen LogP contribution < -0.4 is 0 Å². The van der Waals surface area contributed by atoms with Crippen LogP contribution in [-0.2, 0) is 0 Å². The van der Waals surface area contributed by atoms with E-state index in [9.17, 15) is 0 Å². The van der Waals surface area contributed by atoms with E-state index >= 15 is 0 Å². The minimum atomic E-state index is 1.33. The Balaban J connectivity index is 2.82. The van der Waals surface area contributed by atoms with Gasteiger partial charge in [0.2, 0.25) is 0 Å². The fourth-order valence-corrected chi connectivity index (χ4v) is 3.39. The molecule has 0 saturated heterocycles. The SMILES string of the molecule is CS[P+]#Sc1ccc(C)cc1. The van der Waals surface area contributed by atoms with E-state index in [-0.39, 0.29) is 0 Å². The molecule has 0 radical (unpaired) electrons. The van der Waals surface area contributed by atoms with Gasteiger partial charge in [-0.25, -0.2) is 0 Å². The molecule has 0 fully saturated rings. The van der Waals surface area contributed by atoms with Gasteiger partial charge in [-0.15, -0.1) is 0 Å². The van der Waals surface area contributed by atoms with Crippen LogP contribution in [0.25, 0.3) is 0 Å². The Kier molecular flexibility index (Phi) is 4.21. The van der Waals surface area contributed by atoms with Crippen LogP contribution in [0.4, 0.5) is 0 Å². The van der Waals surface area contributed by atoms with Crippen molar-refractivity contribution in [3.05, 3.63) is 29.8 Å². The Labute approximate surface area is 76.5 Å². The van der Waals surface area contributed by atoms with Crippen LogP contribution in [-0.4, -0.2) is 6.26 Å². The number of aryl methyl sites for hydroxylation is 1. The molecule has 0 aromatic heterocycles. The van der Waals surface area contributed by atoms with E-state index < -0.39 is 0 Å². The first-order chi connectivity index (χ1) is 5.33. The molecule has 1 rings (SSSR count). The average Bonchev–Trinajstić information content (AvgIpc) is 2.04. The molecule has 58 valence electrons. The standard InChI is InChI=1S/C8H10PS2/c1-7-3-5-8(6-4-7)11-9-10-2/h3-6H,1-2H3/q+1. The second-order valence-electron chi connectivity index (χ2n) is 2.16. The second-order valence-corrected chi connectivity index (χ2v) is 6.76. The molecule has 11 heavy (non-hydrogen) atoms. The van der Waals surface area contributed by atoms with Gasteiger partial charge in [0, 0.05) is 0 Å².